The lowest BCUT2D eigenvalue weighted by atomic mass is 9.91. The quantitative estimate of drug-likeness (QED) is 0.273. The van der Waals surface area contributed by atoms with Crippen molar-refractivity contribution in [3.8, 4) is 0 Å². The zero-order chi connectivity index (χ0) is 24.8. The molecule has 0 aromatic rings. The number of amides is 6. The van der Waals surface area contributed by atoms with Gasteiger partial charge in [0.2, 0.25) is 0 Å². The second kappa shape index (κ2) is 15.1. The highest BCUT2D eigenvalue weighted by atomic mass is 16.5. The maximum absolute atomic E-state index is 12.1. The molecule has 0 aromatic heterocycles. The Kier molecular flexibility index (Phi) is 12.1. The number of hydrogen-bond acceptors (Lipinski definition) is 6. The van der Waals surface area contributed by atoms with Gasteiger partial charge in [-0.25, -0.2) is 19.2 Å². The number of urea groups is 2. The number of nitrogens with one attached hydrogen (secondary N) is 6. The van der Waals surface area contributed by atoms with Gasteiger partial charge in [0.15, 0.2) is 0 Å². The SMILES string of the molecule is COC(=O)NC1CCC(NC(=O)NCCCCNC(=O)NC2CCC(NC(=O)OC)CC2)CC1. The van der Waals surface area contributed by atoms with Crippen molar-refractivity contribution < 1.29 is 28.7 Å². The Morgan fingerprint density at radius 3 is 1.15 bits per heavy atom. The predicted molar refractivity (Wildman–Crippen MR) is 125 cm³/mol. The van der Waals surface area contributed by atoms with Crippen LogP contribution in [0.3, 0.4) is 0 Å². The van der Waals surface area contributed by atoms with Crippen LogP contribution in [0.4, 0.5) is 19.2 Å². The summed E-state index contributed by atoms with van der Waals surface area (Å²) >= 11 is 0. The summed E-state index contributed by atoms with van der Waals surface area (Å²) in [5.41, 5.74) is 0. The van der Waals surface area contributed by atoms with E-state index in [1.165, 1.54) is 14.2 Å². The fourth-order valence-electron chi connectivity index (χ4n) is 4.34. The van der Waals surface area contributed by atoms with Crippen molar-refractivity contribution in [1.82, 2.24) is 31.9 Å². The van der Waals surface area contributed by atoms with E-state index in [9.17, 15) is 19.2 Å². The largest absolute Gasteiger partial charge is 0.453 e. The first kappa shape index (κ1) is 27.3. The van der Waals surface area contributed by atoms with Crippen LogP contribution >= 0.6 is 0 Å². The molecule has 2 aliphatic carbocycles. The Morgan fingerprint density at radius 1 is 0.559 bits per heavy atom. The number of rotatable bonds is 9. The highest BCUT2D eigenvalue weighted by Gasteiger charge is 2.24. The van der Waals surface area contributed by atoms with Gasteiger partial charge in [0, 0.05) is 37.3 Å². The maximum Gasteiger partial charge on any atom is 0.407 e. The lowest BCUT2D eigenvalue weighted by Gasteiger charge is -2.29. The molecule has 0 saturated heterocycles. The molecule has 2 rings (SSSR count). The molecule has 0 aromatic carbocycles. The molecule has 6 amide bonds. The molecule has 2 fully saturated rings. The van der Waals surface area contributed by atoms with Crippen molar-refractivity contribution >= 4 is 24.2 Å². The molecular formula is C22H40N6O6. The van der Waals surface area contributed by atoms with Crippen LogP contribution in [0, 0.1) is 0 Å². The molecular weight excluding hydrogens is 444 g/mol. The average molecular weight is 485 g/mol. The minimum absolute atomic E-state index is 0.0943. The van der Waals surface area contributed by atoms with Crippen LogP contribution in [0.5, 0.6) is 0 Å². The van der Waals surface area contributed by atoms with E-state index in [-0.39, 0.29) is 36.2 Å². The normalized spacial score (nSPS) is 24.2. The first-order valence-corrected chi connectivity index (χ1v) is 12.2. The topological polar surface area (TPSA) is 159 Å². The smallest absolute Gasteiger partial charge is 0.407 e. The lowest BCUT2D eigenvalue weighted by molar-refractivity contribution is 0.160. The standard InChI is InChI=1S/C22H40N6O6/c1-33-21(31)27-17-9-5-15(6-10-17)25-19(29)23-13-3-4-14-24-20(30)26-16-7-11-18(12-8-16)28-22(32)34-2/h15-18H,3-14H2,1-2H3,(H,27,31)(H,28,32)(H2,23,25,29)(H2,24,26,30). The molecule has 0 aliphatic heterocycles. The number of carbonyl (C=O) groups excluding carboxylic acids is 4. The van der Waals surface area contributed by atoms with Crippen LogP contribution in [-0.2, 0) is 9.47 Å². The summed E-state index contributed by atoms with van der Waals surface area (Å²) < 4.78 is 9.22. The number of methoxy groups -OCH3 is 2. The van der Waals surface area contributed by atoms with Crippen LogP contribution in [0.2, 0.25) is 0 Å². The fraction of sp³-hybridized carbons (Fsp3) is 0.818. The molecule has 0 bridgehead atoms. The van der Waals surface area contributed by atoms with E-state index in [4.69, 9.17) is 0 Å². The van der Waals surface area contributed by atoms with Gasteiger partial charge in [-0.3, -0.25) is 0 Å². The zero-order valence-electron chi connectivity index (χ0n) is 20.2. The van der Waals surface area contributed by atoms with Gasteiger partial charge in [0.1, 0.15) is 0 Å². The van der Waals surface area contributed by atoms with Gasteiger partial charge in [-0.15, -0.1) is 0 Å². The molecule has 6 N–H and O–H groups in total. The summed E-state index contributed by atoms with van der Waals surface area (Å²) in [6.45, 7) is 1.07. The number of hydrogen-bond donors (Lipinski definition) is 6. The van der Waals surface area contributed by atoms with Crippen LogP contribution < -0.4 is 31.9 Å². The first-order valence-electron chi connectivity index (χ1n) is 12.2. The van der Waals surface area contributed by atoms with Crippen LogP contribution in [-0.4, -0.2) is 75.7 Å². The second-order valence-corrected chi connectivity index (χ2v) is 8.88. The van der Waals surface area contributed by atoms with Crippen molar-refractivity contribution in [2.75, 3.05) is 27.3 Å². The van der Waals surface area contributed by atoms with Crippen molar-refractivity contribution in [1.29, 1.82) is 0 Å². The number of carbonyl (C=O) groups is 4. The summed E-state index contributed by atoms with van der Waals surface area (Å²) in [5.74, 6) is 0. The van der Waals surface area contributed by atoms with Crippen molar-refractivity contribution in [2.24, 2.45) is 0 Å². The summed E-state index contributed by atoms with van der Waals surface area (Å²) in [4.78, 5) is 46.6. The molecule has 2 saturated carbocycles. The minimum atomic E-state index is -0.418. The maximum atomic E-state index is 12.1. The molecule has 0 radical (unpaired) electrons. The van der Waals surface area contributed by atoms with Crippen molar-refractivity contribution in [3.63, 3.8) is 0 Å². The van der Waals surface area contributed by atoms with Crippen molar-refractivity contribution in [3.05, 3.63) is 0 Å². The van der Waals surface area contributed by atoms with Crippen LogP contribution in [0.25, 0.3) is 0 Å². The van der Waals surface area contributed by atoms with Gasteiger partial charge < -0.3 is 41.4 Å². The lowest BCUT2D eigenvalue weighted by Crippen LogP contribution is -2.47. The van der Waals surface area contributed by atoms with Gasteiger partial charge in [0.25, 0.3) is 0 Å². The van der Waals surface area contributed by atoms with Crippen LogP contribution in [0.1, 0.15) is 64.2 Å². The second-order valence-electron chi connectivity index (χ2n) is 8.88. The van der Waals surface area contributed by atoms with E-state index in [1.807, 2.05) is 0 Å². The highest BCUT2D eigenvalue weighted by Crippen LogP contribution is 2.19. The first-order chi connectivity index (χ1) is 16.4. The molecule has 2 aliphatic rings. The highest BCUT2D eigenvalue weighted by molar-refractivity contribution is 5.74. The third-order valence-electron chi connectivity index (χ3n) is 6.31. The van der Waals surface area contributed by atoms with Gasteiger partial charge in [0.05, 0.1) is 14.2 Å². The molecule has 0 atom stereocenters. The third kappa shape index (κ3) is 10.8. The summed E-state index contributed by atoms with van der Waals surface area (Å²) in [6.07, 6.45) is 7.14. The summed E-state index contributed by atoms with van der Waals surface area (Å²) in [7, 11) is 2.69. The average Bonchev–Trinajstić information content (AvgIpc) is 2.83. The van der Waals surface area contributed by atoms with E-state index in [1.54, 1.807) is 0 Å². The molecule has 0 heterocycles. The Labute approximate surface area is 201 Å². The Morgan fingerprint density at radius 2 is 0.853 bits per heavy atom. The number of unbranched alkanes of at least 4 members (excludes halogenated alkanes) is 1. The van der Waals surface area contributed by atoms with Gasteiger partial charge in [-0.1, -0.05) is 0 Å². The van der Waals surface area contributed by atoms with E-state index in [0.29, 0.717) is 13.1 Å². The van der Waals surface area contributed by atoms with E-state index < -0.39 is 12.2 Å². The minimum Gasteiger partial charge on any atom is -0.453 e. The van der Waals surface area contributed by atoms with E-state index in [2.05, 4.69) is 41.4 Å². The van der Waals surface area contributed by atoms with Crippen molar-refractivity contribution in [2.45, 2.75) is 88.4 Å². The Bertz CT molecular complexity index is 606. The van der Waals surface area contributed by atoms with Gasteiger partial charge in [-0.05, 0) is 64.2 Å². The van der Waals surface area contributed by atoms with E-state index in [0.717, 1.165) is 64.2 Å². The summed E-state index contributed by atoms with van der Waals surface area (Å²) in [6, 6.07) is 0.0215. The van der Waals surface area contributed by atoms with E-state index >= 15 is 0 Å². The van der Waals surface area contributed by atoms with Gasteiger partial charge in [-0.2, -0.15) is 0 Å². The Hall–Kier alpha value is -2.92. The Balaban J connectivity index is 1.44. The fourth-order valence-corrected chi connectivity index (χ4v) is 4.34. The molecule has 194 valence electrons. The molecule has 12 heteroatoms. The molecule has 0 unspecified atom stereocenters. The molecule has 34 heavy (non-hydrogen) atoms. The van der Waals surface area contributed by atoms with Crippen LogP contribution in [0.15, 0.2) is 0 Å². The third-order valence-corrected chi connectivity index (χ3v) is 6.31. The number of ether oxygens (including phenoxy) is 2. The van der Waals surface area contributed by atoms with Gasteiger partial charge >= 0.3 is 24.2 Å². The monoisotopic (exact) mass is 484 g/mol. The summed E-state index contributed by atoms with van der Waals surface area (Å²) in [5, 5.41) is 17.2. The predicted octanol–water partition coefficient (Wildman–Crippen LogP) is 1.70. The zero-order valence-corrected chi connectivity index (χ0v) is 20.2. The molecule has 12 nitrogen and oxygen atoms in total. The molecule has 0 spiro atoms. The number of alkyl carbamates (subject to hydrolysis) is 2.